The molecule has 1 fully saturated rings. The number of benzene rings is 2. The van der Waals surface area contributed by atoms with E-state index in [1.54, 1.807) is 0 Å². The smallest absolute Gasteiger partial charge is 0.407 e. The van der Waals surface area contributed by atoms with Crippen molar-refractivity contribution in [1.82, 2.24) is 10.6 Å². The third-order valence-corrected chi connectivity index (χ3v) is 10.4. The molecule has 3 atom stereocenters. The van der Waals surface area contributed by atoms with Gasteiger partial charge in [0.05, 0.1) is 24.2 Å². The molecule has 2 aromatic carbocycles. The number of anilines is 1. The lowest BCUT2D eigenvalue weighted by Gasteiger charge is -2.47. The van der Waals surface area contributed by atoms with E-state index < -0.39 is 17.2 Å². The fourth-order valence-corrected chi connectivity index (χ4v) is 8.44. The number of fused-ring (bicyclic) bond motifs is 2. The number of nitrogens with zero attached hydrogens (tertiary/aromatic N) is 1. The van der Waals surface area contributed by atoms with Crippen LogP contribution in [-0.4, -0.2) is 49.1 Å². The monoisotopic (exact) mass is 673 g/mol. The van der Waals surface area contributed by atoms with Gasteiger partial charge in [-0.15, -0.1) is 0 Å². The summed E-state index contributed by atoms with van der Waals surface area (Å²) in [6.45, 7) is 24.8. The van der Waals surface area contributed by atoms with Crippen LogP contribution in [0.15, 0.2) is 42.5 Å². The minimum Gasteiger partial charge on any atom is -0.462 e. The van der Waals surface area contributed by atoms with Gasteiger partial charge >= 0.3 is 6.09 Å². The SMILES string of the molecule is Cc1cc2c(c(COC(C)(C)C)c1)OC1(C=C2)N(CCOC(=O)NCC2(C)CC(NC(=O)C(C)C)CC(C)(C)C2)c2ccccc2C1(C)C. The van der Waals surface area contributed by atoms with Crippen molar-refractivity contribution in [2.24, 2.45) is 16.7 Å². The molecule has 2 N–H and O–H groups in total. The molecule has 0 aromatic heterocycles. The van der Waals surface area contributed by atoms with Gasteiger partial charge in [-0.25, -0.2) is 4.79 Å². The van der Waals surface area contributed by atoms with Crippen LogP contribution in [-0.2, 0) is 26.3 Å². The first kappa shape index (κ1) is 36.8. The molecule has 2 heterocycles. The Morgan fingerprint density at radius 2 is 1.78 bits per heavy atom. The molecule has 8 heteroatoms. The van der Waals surface area contributed by atoms with Gasteiger partial charge in [-0.05, 0) is 107 Å². The molecule has 0 saturated heterocycles. The zero-order valence-corrected chi connectivity index (χ0v) is 31.7. The van der Waals surface area contributed by atoms with E-state index in [2.05, 4.69) is 120 Å². The Hall–Kier alpha value is -3.52. The van der Waals surface area contributed by atoms with Crippen LogP contribution in [0.4, 0.5) is 10.5 Å². The van der Waals surface area contributed by atoms with Gasteiger partial charge in [0.1, 0.15) is 12.4 Å². The Labute approximate surface area is 294 Å². The Kier molecular flexibility index (Phi) is 9.98. The molecule has 2 aliphatic heterocycles. The van der Waals surface area contributed by atoms with Crippen LogP contribution >= 0.6 is 0 Å². The fourth-order valence-electron chi connectivity index (χ4n) is 8.44. The largest absolute Gasteiger partial charge is 0.462 e. The zero-order chi connectivity index (χ0) is 36.0. The van der Waals surface area contributed by atoms with Crippen LogP contribution in [0.1, 0.15) is 111 Å². The van der Waals surface area contributed by atoms with Crippen molar-refractivity contribution in [1.29, 1.82) is 0 Å². The van der Waals surface area contributed by atoms with E-state index in [9.17, 15) is 9.59 Å². The van der Waals surface area contributed by atoms with Crippen molar-refractivity contribution in [3.8, 4) is 5.75 Å². The topological polar surface area (TPSA) is 89.1 Å². The maximum Gasteiger partial charge on any atom is 0.407 e. The molecule has 3 aliphatic rings. The number of amides is 2. The van der Waals surface area contributed by atoms with E-state index >= 15 is 0 Å². The van der Waals surface area contributed by atoms with Crippen LogP contribution in [0.3, 0.4) is 0 Å². The molecule has 2 aromatic rings. The van der Waals surface area contributed by atoms with Crippen LogP contribution in [0.2, 0.25) is 0 Å². The van der Waals surface area contributed by atoms with E-state index in [0.717, 1.165) is 47.4 Å². The maximum absolute atomic E-state index is 13.2. The van der Waals surface area contributed by atoms with Crippen LogP contribution in [0.25, 0.3) is 6.08 Å². The summed E-state index contributed by atoms with van der Waals surface area (Å²) in [5.41, 5.74) is 3.77. The molecular formula is C41H59N3O5. The highest BCUT2D eigenvalue weighted by atomic mass is 16.6. The molecule has 3 unspecified atom stereocenters. The average Bonchev–Trinajstić information content (AvgIpc) is 3.16. The van der Waals surface area contributed by atoms with Gasteiger partial charge in [-0.3, -0.25) is 4.79 Å². The highest BCUT2D eigenvalue weighted by Gasteiger charge is 2.59. The third kappa shape index (κ3) is 7.79. The second-order valence-electron chi connectivity index (χ2n) is 17.6. The molecule has 2 amide bonds. The first-order valence-corrected chi connectivity index (χ1v) is 18.0. The van der Waals surface area contributed by atoms with Gasteiger partial charge in [0, 0.05) is 35.3 Å². The van der Waals surface area contributed by atoms with Crippen molar-refractivity contribution in [3.63, 3.8) is 0 Å². The molecular weight excluding hydrogens is 614 g/mol. The first-order chi connectivity index (χ1) is 22.7. The van der Waals surface area contributed by atoms with Gasteiger partial charge in [0.15, 0.2) is 0 Å². The number of rotatable bonds is 9. The maximum atomic E-state index is 13.2. The van der Waals surface area contributed by atoms with Crippen LogP contribution in [0, 0.1) is 23.7 Å². The number of hydrogen-bond donors (Lipinski definition) is 2. The molecule has 8 nitrogen and oxygen atoms in total. The summed E-state index contributed by atoms with van der Waals surface area (Å²) in [7, 11) is 0. The van der Waals surface area contributed by atoms with Gasteiger partial charge in [-0.1, -0.05) is 58.9 Å². The molecule has 1 spiro atoms. The Morgan fingerprint density at radius 3 is 2.47 bits per heavy atom. The number of hydrogen-bond acceptors (Lipinski definition) is 6. The minimum absolute atomic E-state index is 0.0430. The van der Waals surface area contributed by atoms with Crippen molar-refractivity contribution in [3.05, 3.63) is 64.7 Å². The molecule has 49 heavy (non-hydrogen) atoms. The predicted octanol–water partition coefficient (Wildman–Crippen LogP) is 8.29. The normalized spacial score (nSPS) is 25.1. The lowest BCUT2D eigenvalue weighted by Crippen LogP contribution is -2.60. The van der Waals surface area contributed by atoms with Crippen LogP contribution in [0.5, 0.6) is 5.75 Å². The number of para-hydroxylation sites is 1. The van der Waals surface area contributed by atoms with E-state index in [-0.39, 0.29) is 40.9 Å². The lowest BCUT2D eigenvalue weighted by atomic mass is 9.62. The second-order valence-corrected chi connectivity index (χ2v) is 17.6. The molecule has 5 rings (SSSR count). The molecule has 0 bridgehead atoms. The van der Waals surface area contributed by atoms with Crippen molar-refractivity contribution >= 4 is 23.8 Å². The van der Waals surface area contributed by atoms with Gasteiger partial charge in [0.2, 0.25) is 11.6 Å². The number of aryl methyl sites for hydroxylation is 1. The van der Waals surface area contributed by atoms with Gasteiger partial charge in [0.25, 0.3) is 0 Å². The molecule has 268 valence electrons. The molecule has 1 saturated carbocycles. The highest BCUT2D eigenvalue weighted by molar-refractivity contribution is 5.78. The number of ether oxygens (including phenoxy) is 3. The van der Waals surface area contributed by atoms with E-state index in [1.807, 2.05) is 19.9 Å². The van der Waals surface area contributed by atoms with E-state index in [1.165, 1.54) is 5.56 Å². The lowest BCUT2D eigenvalue weighted by molar-refractivity contribution is -0.125. The third-order valence-electron chi connectivity index (χ3n) is 10.4. The predicted molar refractivity (Wildman–Crippen MR) is 197 cm³/mol. The highest BCUT2D eigenvalue weighted by Crippen LogP contribution is 2.55. The fraction of sp³-hybridized carbons (Fsp3) is 0.610. The number of nitrogens with one attached hydrogen (secondary N) is 2. The minimum atomic E-state index is -0.841. The summed E-state index contributed by atoms with van der Waals surface area (Å²) in [6.07, 6.45) is 6.59. The zero-order valence-electron chi connectivity index (χ0n) is 31.7. The van der Waals surface area contributed by atoms with Crippen molar-refractivity contribution < 1.29 is 23.8 Å². The standard InChI is InChI=1S/C41H59N3O5/c1-27(2)35(45)43-31-22-38(7,8)25-40(11,23-31)26-42-36(46)47-19-18-44-33-15-13-12-14-32(33)39(9,10)41(44)17-16-29-20-28(3)21-30(34(29)49-41)24-48-37(4,5)6/h12-17,20-21,27,31H,18-19,22-26H2,1-11H3,(H,42,46)(H,43,45). The second kappa shape index (κ2) is 13.3. The van der Waals surface area contributed by atoms with Crippen LogP contribution < -0.4 is 20.3 Å². The summed E-state index contributed by atoms with van der Waals surface area (Å²) in [5, 5.41) is 6.30. The Morgan fingerprint density at radius 1 is 1.06 bits per heavy atom. The number of carbonyl (C=O) groups excluding carboxylic acids is 2. The number of alkyl carbamates (subject to hydrolysis) is 1. The molecule has 1 aliphatic carbocycles. The Bertz CT molecular complexity index is 1590. The first-order valence-electron chi connectivity index (χ1n) is 18.0. The van der Waals surface area contributed by atoms with Gasteiger partial charge in [-0.2, -0.15) is 0 Å². The van der Waals surface area contributed by atoms with Crippen molar-refractivity contribution in [2.75, 3.05) is 24.6 Å². The average molecular weight is 674 g/mol. The summed E-state index contributed by atoms with van der Waals surface area (Å²) < 4.78 is 19.3. The Balaban J connectivity index is 1.30. The van der Waals surface area contributed by atoms with Crippen molar-refractivity contribution in [2.45, 2.75) is 125 Å². The molecule has 0 radical (unpaired) electrons. The summed E-state index contributed by atoms with van der Waals surface area (Å²) >= 11 is 0. The quantitative estimate of drug-likeness (QED) is 0.279. The number of carbonyl (C=O) groups is 2. The summed E-state index contributed by atoms with van der Waals surface area (Å²) in [5.74, 6) is 0.842. The summed E-state index contributed by atoms with van der Waals surface area (Å²) in [4.78, 5) is 27.9. The van der Waals surface area contributed by atoms with Gasteiger partial charge < -0.3 is 29.7 Å². The summed E-state index contributed by atoms with van der Waals surface area (Å²) in [6, 6.07) is 12.8. The van der Waals surface area contributed by atoms with E-state index in [4.69, 9.17) is 14.2 Å². The van der Waals surface area contributed by atoms with E-state index in [0.29, 0.717) is 19.7 Å².